The summed E-state index contributed by atoms with van der Waals surface area (Å²) < 4.78 is 11.4. The number of Topliss-reactive ketones (excluding diaryl/α,β-unsaturated/α-hetero) is 1. The van der Waals surface area contributed by atoms with Gasteiger partial charge in [-0.15, -0.1) is 0 Å². The molecular weight excluding hydrogens is 478 g/mol. The molecule has 1 atom stereocenters. The van der Waals surface area contributed by atoms with Crippen LogP contribution in [-0.2, 0) is 11.2 Å². The molecule has 1 aromatic heterocycles. The summed E-state index contributed by atoms with van der Waals surface area (Å²) in [6.07, 6.45) is 1.58. The van der Waals surface area contributed by atoms with E-state index in [9.17, 15) is 24.5 Å². The molecule has 0 aliphatic rings. The van der Waals surface area contributed by atoms with Crippen molar-refractivity contribution in [2.24, 2.45) is 0 Å². The first-order valence-electron chi connectivity index (χ1n) is 10.4. The van der Waals surface area contributed by atoms with Crippen LogP contribution < -0.4 is 20.3 Å². The number of hydrogen-bond acceptors (Lipinski definition) is 7. The molecule has 0 fully saturated rings. The fourth-order valence-electron chi connectivity index (χ4n) is 3.44. The molecule has 11 heteroatoms. The highest BCUT2D eigenvalue weighted by Gasteiger charge is 2.31. The normalized spacial score (nSPS) is 11.4. The summed E-state index contributed by atoms with van der Waals surface area (Å²) in [6.45, 7) is 0.141. The lowest BCUT2D eigenvalue weighted by molar-refractivity contribution is -0.384. The van der Waals surface area contributed by atoms with Crippen LogP contribution in [0, 0.1) is 10.1 Å². The first kappa shape index (κ1) is 25.4. The van der Waals surface area contributed by atoms with E-state index in [1.54, 1.807) is 18.2 Å². The van der Waals surface area contributed by atoms with Gasteiger partial charge in [0, 0.05) is 36.5 Å². The molecule has 35 heavy (non-hydrogen) atoms. The maximum absolute atomic E-state index is 13.3. The number of aromatic nitrogens is 1. The van der Waals surface area contributed by atoms with Crippen molar-refractivity contribution in [1.82, 2.24) is 9.88 Å². The number of carbonyl (C=O) groups is 2. The van der Waals surface area contributed by atoms with Gasteiger partial charge in [-0.2, -0.15) is 0 Å². The molecule has 2 aromatic carbocycles. The van der Waals surface area contributed by atoms with Gasteiger partial charge in [-0.3, -0.25) is 29.1 Å². The minimum absolute atomic E-state index is 0.0916. The quantitative estimate of drug-likeness (QED) is 0.196. The molecular formula is C24H22ClN3O7. The Hall–Kier alpha value is -4.18. The van der Waals surface area contributed by atoms with E-state index < -0.39 is 28.2 Å². The van der Waals surface area contributed by atoms with Crippen LogP contribution in [0.15, 0.2) is 65.6 Å². The first-order chi connectivity index (χ1) is 16.7. The van der Waals surface area contributed by atoms with Gasteiger partial charge < -0.3 is 14.8 Å². The Morgan fingerprint density at radius 2 is 1.83 bits per heavy atom. The highest BCUT2D eigenvalue weighted by atomic mass is 35.5. The second-order valence-electron chi connectivity index (χ2n) is 7.40. The van der Waals surface area contributed by atoms with Crippen LogP contribution in [0.3, 0.4) is 0 Å². The van der Waals surface area contributed by atoms with E-state index in [1.807, 2.05) is 0 Å². The third kappa shape index (κ3) is 6.04. The van der Waals surface area contributed by atoms with E-state index in [4.69, 9.17) is 21.1 Å². The predicted octanol–water partition coefficient (Wildman–Crippen LogP) is 3.21. The molecule has 3 aromatic rings. The first-order valence-corrected chi connectivity index (χ1v) is 10.8. The number of ketones is 1. The molecule has 10 nitrogen and oxygen atoms in total. The summed E-state index contributed by atoms with van der Waals surface area (Å²) >= 11 is 6.01. The van der Waals surface area contributed by atoms with Gasteiger partial charge in [-0.25, -0.2) is 0 Å². The lowest BCUT2D eigenvalue weighted by atomic mass is 10.0. The van der Waals surface area contributed by atoms with Crippen LogP contribution in [0.4, 0.5) is 5.69 Å². The van der Waals surface area contributed by atoms with Crippen LogP contribution in [0.1, 0.15) is 22.0 Å². The Labute approximate surface area is 205 Å². The van der Waals surface area contributed by atoms with Gasteiger partial charge >= 0.3 is 0 Å². The molecule has 0 aliphatic heterocycles. The van der Waals surface area contributed by atoms with E-state index >= 15 is 0 Å². The number of pyridine rings is 1. The Bertz CT molecular complexity index is 1320. The highest BCUT2D eigenvalue weighted by molar-refractivity contribution is 6.30. The zero-order valence-corrected chi connectivity index (χ0v) is 19.7. The monoisotopic (exact) mass is 499 g/mol. The van der Waals surface area contributed by atoms with Gasteiger partial charge in [0.2, 0.25) is 0 Å². The molecule has 0 spiro atoms. The van der Waals surface area contributed by atoms with E-state index in [0.29, 0.717) is 17.9 Å². The average molecular weight is 500 g/mol. The number of hydrogen-bond donors (Lipinski definition) is 1. The minimum atomic E-state index is -1.62. The van der Waals surface area contributed by atoms with Crippen molar-refractivity contribution >= 4 is 29.0 Å². The van der Waals surface area contributed by atoms with E-state index in [-0.39, 0.29) is 22.8 Å². The zero-order valence-electron chi connectivity index (χ0n) is 18.9. The summed E-state index contributed by atoms with van der Waals surface area (Å²) in [5, 5.41) is 13.9. The number of halogens is 1. The smallest absolute Gasteiger partial charge is 0.270 e. The van der Waals surface area contributed by atoms with Crippen molar-refractivity contribution in [1.29, 1.82) is 0 Å². The van der Waals surface area contributed by atoms with Gasteiger partial charge in [0.1, 0.15) is 0 Å². The summed E-state index contributed by atoms with van der Waals surface area (Å²) in [6, 6.07) is 11.1. The molecule has 1 N–H and O–H groups in total. The second-order valence-corrected chi connectivity index (χ2v) is 7.83. The molecule has 0 radical (unpaired) electrons. The van der Waals surface area contributed by atoms with Gasteiger partial charge in [-0.1, -0.05) is 29.8 Å². The number of nitro benzene ring substituents is 1. The molecule has 1 amide bonds. The lowest BCUT2D eigenvalue weighted by Crippen LogP contribution is -2.41. The molecule has 0 aliphatic carbocycles. The Morgan fingerprint density at radius 3 is 2.51 bits per heavy atom. The van der Waals surface area contributed by atoms with Crippen LogP contribution in [-0.4, -0.2) is 41.9 Å². The molecule has 1 heterocycles. The van der Waals surface area contributed by atoms with Crippen LogP contribution in [0.2, 0.25) is 5.02 Å². The summed E-state index contributed by atoms with van der Waals surface area (Å²) in [5.74, 6) is -0.461. The molecule has 0 saturated carbocycles. The number of nitro groups is 1. The molecule has 3 rings (SSSR count). The number of methoxy groups -OCH3 is 2. The lowest BCUT2D eigenvalue weighted by Gasteiger charge is -2.19. The van der Waals surface area contributed by atoms with E-state index in [2.05, 4.69) is 5.32 Å². The fraction of sp³-hybridized carbons (Fsp3) is 0.208. The third-order valence-corrected chi connectivity index (χ3v) is 5.40. The third-order valence-electron chi connectivity index (χ3n) is 5.18. The number of amides is 1. The Morgan fingerprint density at radius 1 is 1.09 bits per heavy atom. The number of nitrogens with one attached hydrogen (secondary N) is 1. The molecule has 182 valence electrons. The van der Waals surface area contributed by atoms with E-state index in [1.165, 1.54) is 44.7 Å². The van der Waals surface area contributed by atoms with E-state index in [0.717, 1.165) is 22.3 Å². The van der Waals surface area contributed by atoms with Crippen molar-refractivity contribution in [3.63, 3.8) is 0 Å². The predicted molar refractivity (Wildman–Crippen MR) is 128 cm³/mol. The topological polar surface area (TPSA) is 130 Å². The van der Waals surface area contributed by atoms with Gasteiger partial charge in [0.15, 0.2) is 23.3 Å². The zero-order chi connectivity index (χ0) is 25.5. The maximum atomic E-state index is 13.3. The highest BCUT2D eigenvalue weighted by Crippen LogP contribution is 2.27. The number of rotatable bonds is 10. The number of carbonyl (C=O) groups excluding carboxylic acids is 2. The van der Waals surface area contributed by atoms with Gasteiger partial charge in [0.25, 0.3) is 17.2 Å². The fourth-order valence-corrected chi connectivity index (χ4v) is 3.61. The largest absolute Gasteiger partial charge is 0.493 e. The Balaban J connectivity index is 1.86. The molecule has 0 saturated heterocycles. The Kier molecular flexibility index (Phi) is 8.21. The molecule has 0 bridgehead atoms. The van der Waals surface area contributed by atoms with Crippen molar-refractivity contribution < 1.29 is 24.0 Å². The van der Waals surface area contributed by atoms with Gasteiger partial charge in [-0.05, 0) is 30.2 Å². The maximum Gasteiger partial charge on any atom is 0.270 e. The SMILES string of the molecule is COc1ccc(CCNC(=O)[C@H](C(=O)c2cccc([N+](=O)[O-])c2)n2cc(Cl)ccc2=O)cc1OC. The van der Waals surface area contributed by atoms with Crippen molar-refractivity contribution in [2.45, 2.75) is 12.5 Å². The number of non-ortho nitro benzene ring substituents is 1. The van der Waals surface area contributed by atoms with Crippen LogP contribution >= 0.6 is 11.6 Å². The average Bonchev–Trinajstić information content (AvgIpc) is 2.86. The molecule has 0 unspecified atom stereocenters. The number of nitrogens with zero attached hydrogens (tertiary/aromatic N) is 2. The standard InChI is InChI=1S/C24H22ClN3O7/c1-34-19-8-6-15(12-20(19)35-2)10-11-26-24(31)22(27-14-17(25)7-9-21(27)29)23(30)16-4-3-5-18(13-16)28(32)33/h3-9,12-14,22H,10-11H2,1-2H3,(H,26,31)/t22-/m0/s1. The van der Waals surface area contributed by atoms with Crippen LogP contribution in [0.25, 0.3) is 0 Å². The number of benzene rings is 2. The number of ether oxygens (including phenoxy) is 2. The summed E-state index contributed by atoms with van der Waals surface area (Å²) in [4.78, 5) is 49.4. The van der Waals surface area contributed by atoms with Crippen molar-refractivity contribution in [2.75, 3.05) is 20.8 Å². The van der Waals surface area contributed by atoms with Crippen LogP contribution in [0.5, 0.6) is 11.5 Å². The van der Waals surface area contributed by atoms with Crippen molar-refractivity contribution in [3.05, 3.63) is 97.4 Å². The summed E-state index contributed by atoms with van der Waals surface area (Å²) in [5.41, 5.74) is -0.203. The van der Waals surface area contributed by atoms with Gasteiger partial charge in [0.05, 0.1) is 24.2 Å². The second kappa shape index (κ2) is 11.3. The summed E-state index contributed by atoms with van der Waals surface area (Å²) in [7, 11) is 3.03. The van der Waals surface area contributed by atoms with Crippen molar-refractivity contribution in [3.8, 4) is 11.5 Å². The minimum Gasteiger partial charge on any atom is -0.493 e.